The first-order valence-electron chi connectivity index (χ1n) is 4.55. The Morgan fingerprint density at radius 3 is 2.43 bits per heavy atom. The summed E-state index contributed by atoms with van der Waals surface area (Å²) in [6.07, 6.45) is -4.93. The van der Waals surface area contributed by atoms with Gasteiger partial charge in [0.25, 0.3) is 0 Å². The minimum Gasteiger partial charge on any atom is -0.388 e. The third kappa shape index (κ3) is 2.59. The molecule has 1 heterocycles. The Bertz CT molecular complexity index is 179. The number of ether oxygens (including phenoxy) is 1. The molecule has 5 nitrogen and oxygen atoms in total. The van der Waals surface area contributed by atoms with Crippen LogP contribution in [0.3, 0.4) is 0 Å². The second-order valence-corrected chi connectivity index (χ2v) is 4.19. The van der Waals surface area contributed by atoms with Gasteiger partial charge in [-0.2, -0.15) is 0 Å². The Balaban J connectivity index is 2.52. The van der Waals surface area contributed by atoms with Gasteiger partial charge >= 0.3 is 0 Å². The van der Waals surface area contributed by atoms with E-state index in [1.54, 1.807) is 6.92 Å². The monoisotopic (exact) mass is 224 g/mol. The van der Waals surface area contributed by atoms with Gasteiger partial charge in [-0.3, -0.25) is 4.18 Å². The fourth-order valence-electron chi connectivity index (χ4n) is 1.23. The summed E-state index contributed by atoms with van der Waals surface area (Å²) in [7, 11) is 0. The molecule has 0 aliphatic carbocycles. The standard InChI is InChI=1S/C8H16O5S/c1-3-14-13-8-7(11)6(10)5(9)4(2)12-8/h4-11H,3H2,1-2H3/t4-,5+,6+,7-,8+/m0/s1. The minimum absolute atomic E-state index is 0.546. The molecule has 3 N–H and O–H groups in total. The highest BCUT2D eigenvalue weighted by Crippen LogP contribution is 2.24. The summed E-state index contributed by atoms with van der Waals surface area (Å²) in [5, 5.41) is 28.3. The van der Waals surface area contributed by atoms with Gasteiger partial charge in [-0.15, -0.1) is 0 Å². The number of rotatable bonds is 3. The summed E-state index contributed by atoms with van der Waals surface area (Å²) < 4.78 is 10.3. The third-order valence-electron chi connectivity index (χ3n) is 2.09. The molecule has 0 aromatic rings. The summed E-state index contributed by atoms with van der Waals surface area (Å²) in [5.41, 5.74) is 0. The van der Waals surface area contributed by atoms with Crippen LogP contribution in [0, 0.1) is 0 Å². The first-order valence-corrected chi connectivity index (χ1v) is 5.47. The molecule has 14 heavy (non-hydrogen) atoms. The van der Waals surface area contributed by atoms with E-state index in [0.717, 1.165) is 17.8 Å². The number of hydrogen-bond donors (Lipinski definition) is 3. The maximum absolute atomic E-state index is 9.48. The predicted molar refractivity (Wildman–Crippen MR) is 51.6 cm³/mol. The maximum atomic E-state index is 9.48. The van der Waals surface area contributed by atoms with Crippen molar-refractivity contribution in [3.63, 3.8) is 0 Å². The molecule has 0 aromatic heterocycles. The Morgan fingerprint density at radius 2 is 1.86 bits per heavy atom. The topological polar surface area (TPSA) is 79.2 Å². The van der Waals surface area contributed by atoms with E-state index >= 15 is 0 Å². The van der Waals surface area contributed by atoms with Gasteiger partial charge < -0.3 is 20.1 Å². The molecule has 0 unspecified atom stereocenters. The van der Waals surface area contributed by atoms with Crippen LogP contribution in [-0.2, 0) is 8.92 Å². The molecule has 1 rings (SSSR count). The molecular formula is C8H16O5S. The van der Waals surface area contributed by atoms with Crippen molar-refractivity contribution < 1.29 is 24.2 Å². The predicted octanol–water partition coefficient (Wildman–Crippen LogP) is -0.501. The molecule has 0 radical (unpaired) electrons. The lowest BCUT2D eigenvalue weighted by atomic mass is 10.0. The molecule has 1 aliphatic rings. The number of aliphatic hydroxyl groups is 3. The van der Waals surface area contributed by atoms with Crippen LogP contribution in [0.1, 0.15) is 13.8 Å². The molecular weight excluding hydrogens is 208 g/mol. The van der Waals surface area contributed by atoms with Crippen molar-refractivity contribution in [2.24, 2.45) is 0 Å². The normalized spacial score (nSPS) is 43.9. The van der Waals surface area contributed by atoms with Crippen LogP contribution in [0.25, 0.3) is 0 Å². The van der Waals surface area contributed by atoms with Crippen LogP contribution in [0.2, 0.25) is 0 Å². The van der Waals surface area contributed by atoms with Gasteiger partial charge in [0.2, 0.25) is 0 Å². The Labute approximate surface area is 87.2 Å². The molecule has 0 bridgehead atoms. The molecule has 0 saturated carbocycles. The molecule has 0 amide bonds. The summed E-state index contributed by atoms with van der Waals surface area (Å²) in [6, 6.07) is 0. The molecule has 1 saturated heterocycles. The summed E-state index contributed by atoms with van der Waals surface area (Å²) in [5.74, 6) is 0.722. The van der Waals surface area contributed by atoms with Gasteiger partial charge in [-0.1, -0.05) is 6.92 Å². The van der Waals surface area contributed by atoms with E-state index in [0.29, 0.717) is 0 Å². The van der Waals surface area contributed by atoms with E-state index in [4.69, 9.17) is 8.92 Å². The first kappa shape index (κ1) is 12.2. The quantitative estimate of drug-likeness (QED) is 0.561. The van der Waals surface area contributed by atoms with Gasteiger partial charge in [0.05, 0.1) is 6.10 Å². The van der Waals surface area contributed by atoms with Crippen LogP contribution in [0.15, 0.2) is 0 Å². The van der Waals surface area contributed by atoms with Crippen LogP contribution < -0.4 is 0 Å². The molecule has 5 atom stereocenters. The lowest BCUT2D eigenvalue weighted by Crippen LogP contribution is -2.56. The van der Waals surface area contributed by atoms with Crippen molar-refractivity contribution in [3.8, 4) is 0 Å². The second-order valence-electron chi connectivity index (χ2n) is 3.18. The van der Waals surface area contributed by atoms with Crippen LogP contribution in [0.5, 0.6) is 0 Å². The van der Waals surface area contributed by atoms with Crippen molar-refractivity contribution in [2.75, 3.05) is 5.75 Å². The fraction of sp³-hybridized carbons (Fsp3) is 1.00. The van der Waals surface area contributed by atoms with E-state index in [1.165, 1.54) is 0 Å². The van der Waals surface area contributed by atoms with E-state index < -0.39 is 30.7 Å². The minimum atomic E-state index is -1.22. The van der Waals surface area contributed by atoms with Crippen molar-refractivity contribution >= 4 is 12.0 Å². The molecule has 6 heteroatoms. The summed E-state index contributed by atoms with van der Waals surface area (Å²) in [6.45, 7) is 3.52. The molecule has 84 valence electrons. The lowest BCUT2D eigenvalue weighted by Gasteiger charge is -2.38. The summed E-state index contributed by atoms with van der Waals surface area (Å²) in [4.78, 5) is 0. The molecule has 0 aromatic carbocycles. The van der Waals surface area contributed by atoms with Crippen molar-refractivity contribution in [1.82, 2.24) is 0 Å². The Kier molecular flexibility index (Phi) is 4.62. The zero-order valence-corrected chi connectivity index (χ0v) is 8.98. The maximum Gasteiger partial charge on any atom is 0.199 e. The van der Waals surface area contributed by atoms with E-state index in [1.807, 2.05) is 6.92 Å². The van der Waals surface area contributed by atoms with Crippen LogP contribution >= 0.6 is 12.0 Å². The van der Waals surface area contributed by atoms with E-state index in [-0.39, 0.29) is 0 Å². The van der Waals surface area contributed by atoms with Gasteiger partial charge in [0, 0.05) is 5.75 Å². The van der Waals surface area contributed by atoms with E-state index in [2.05, 4.69) is 0 Å². The molecule has 0 spiro atoms. The SMILES string of the molecule is CCSO[C@H]1O[C@@H](C)[C@@H](O)[C@@H](O)[C@@H]1O. The Hall–Kier alpha value is 0.150. The zero-order valence-electron chi connectivity index (χ0n) is 8.16. The lowest BCUT2D eigenvalue weighted by molar-refractivity contribution is -0.264. The highest BCUT2D eigenvalue weighted by Gasteiger charge is 2.42. The van der Waals surface area contributed by atoms with Gasteiger partial charge in [0.15, 0.2) is 6.29 Å². The zero-order chi connectivity index (χ0) is 10.7. The van der Waals surface area contributed by atoms with Crippen LogP contribution in [-0.4, -0.2) is 51.8 Å². The molecule has 1 fully saturated rings. The van der Waals surface area contributed by atoms with Crippen molar-refractivity contribution in [2.45, 2.75) is 44.6 Å². The fourth-order valence-corrected chi connectivity index (χ4v) is 1.66. The number of hydrogen-bond acceptors (Lipinski definition) is 6. The third-order valence-corrected chi connectivity index (χ3v) is 2.65. The van der Waals surface area contributed by atoms with Gasteiger partial charge in [0.1, 0.15) is 18.3 Å². The highest BCUT2D eigenvalue weighted by atomic mass is 32.2. The Morgan fingerprint density at radius 1 is 1.21 bits per heavy atom. The first-order chi connectivity index (χ1) is 6.57. The van der Waals surface area contributed by atoms with Crippen LogP contribution in [0.4, 0.5) is 0 Å². The smallest absolute Gasteiger partial charge is 0.199 e. The molecule has 1 aliphatic heterocycles. The highest BCUT2D eigenvalue weighted by molar-refractivity contribution is 7.94. The average Bonchev–Trinajstić information content (AvgIpc) is 2.18. The van der Waals surface area contributed by atoms with Gasteiger partial charge in [-0.05, 0) is 19.0 Å². The number of aliphatic hydroxyl groups excluding tert-OH is 3. The van der Waals surface area contributed by atoms with E-state index in [9.17, 15) is 15.3 Å². The summed E-state index contributed by atoms with van der Waals surface area (Å²) >= 11 is 1.15. The van der Waals surface area contributed by atoms with Gasteiger partial charge in [-0.25, -0.2) is 0 Å². The largest absolute Gasteiger partial charge is 0.388 e. The average molecular weight is 224 g/mol. The van der Waals surface area contributed by atoms with Crippen molar-refractivity contribution in [3.05, 3.63) is 0 Å². The van der Waals surface area contributed by atoms with Crippen molar-refractivity contribution in [1.29, 1.82) is 0 Å². The second kappa shape index (κ2) is 5.29.